The molecule has 2 aliphatic rings. The van der Waals surface area contributed by atoms with E-state index >= 15 is 0 Å². The fraction of sp³-hybridized carbons (Fsp3) is 0.556. The van der Waals surface area contributed by atoms with Gasteiger partial charge in [0.05, 0.1) is 18.4 Å². The third-order valence-corrected chi connectivity index (χ3v) is 8.84. The number of para-hydroxylation sites is 1. The van der Waals surface area contributed by atoms with E-state index in [1.54, 1.807) is 41.3 Å². The van der Waals surface area contributed by atoms with Crippen LogP contribution in [-0.2, 0) is 34.0 Å². The first-order valence-corrected chi connectivity index (χ1v) is 17.5. The molecule has 0 radical (unpaired) electrons. The zero-order chi connectivity index (χ0) is 34.6. The molecule has 2 unspecified atom stereocenters. The van der Waals surface area contributed by atoms with E-state index in [1.165, 1.54) is 11.2 Å². The monoisotopic (exact) mass is 676 g/mol. The van der Waals surface area contributed by atoms with Crippen LogP contribution in [0.4, 0.5) is 0 Å². The lowest BCUT2D eigenvalue weighted by Gasteiger charge is -2.32. The van der Waals surface area contributed by atoms with Crippen molar-refractivity contribution in [2.45, 2.75) is 103 Å². The van der Waals surface area contributed by atoms with Gasteiger partial charge in [-0.15, -0.1) is 0 Å². The summed E-state index contributed by atoms with van der Waals surface area (Å²) >= 11 is 0. The number of hydrogen-bond acceptors (Lipinski definition) is 9. The van der Waals surface area contributed by atoms with Gasteiger partial charge in [0.2, 0.25) is 29.4 Å². The number of hydrogen-bond donors (Lipinski definition) is 2. The van der Waals surface area contributed by atoms with Crippen LogP contribution >= 0.6 is 0 Å². The molecule has 4 heterocycles. The number of benzene rings is 1. The predicted molar refractivity (Wildman–Crippen MR) is 179 cm³/mol. The van der Waals surface area contributed by atoms with E-state index in [0.717, 1.165) is 38.5 Å². The molecule has 4 amide bonds. The number of amides is 4. The molecular weight excluding hydrogens is 628 g/mol. The number of rotatable bonds is 4. The van der Waals surface area contributed by atoms with Crippen LogP contribution in [0.15, 0.2) is 51.6 Å². The summed E-state index contributed by atoms with van der Waals surface area (Å²) in [6.07, 6.45) is 9.48. The number of furan rings is 1. The summed E-state index contributed by atoms with van der Waals surface area (Å²) in [4.78, 5) is 62.5. The number of aryl methyl sites for hydroxylation is 1. The average molecular weight is 677 g/mol. The minimum absolute atomic E-state index is 0.0186. The Morgan fingerprint density at radius 2 is 1.73 bits per heavy atom. The Bertz CT molecular complexity index is 1540. The molecule has 13 heteroatoms. The molecule has 2 aromatic heterocycles. The Morgan fingerprint density at radius 1 is 0.939 bits per heavy atom. The number of aromatic nitrogens is 2. The van der Waals surface area contributed by atoms with E-state index in [0.29, 0.717) is 62.0 Å². The number of nitrogens with zero attached hydrogens (tertiary/aromatic N) is 4. The van der Waals surface area contributed by atoms with Crippen molar-refractivity contribution in [3.8, 4) is 5.75 Å². The van der Waals surface area contributed by atoms with Crippen LogP contribution in [0.25, 0.3) is 0 Å². The summed E-state index contributed by atoms with van der Waals surface area (Å²) in [6, 6.07) is 8.65. The maximum Gasteiger partial charge on any atom is 0.255 e. The van der Waals surface area contributed by atoms with Crippen molar-refractivity contribution in [3.05, 3.63) is 65.7 Å². The van der Waals surface area contributed by atoms with Crippen LogP contribution in [0.1, 0.15) is 99.5 Å². The topological polar surface area (TPSA) is 160 Å². The van der Waals surface area contributed by atoms with Crippen LogP contribution in [0.3, 0.4) is 0 Å². The normalized spacial score (nSPS) is 21.1. The van der Waals surface area contributed by atoms with Gasteiger partial charge in [0, 0.05) is 19.5 Å². The molecule has 1 fully saturated rings. The first-order chi connectivity index (χ1) is 23.8. The summed E-state index contributed by atoms with van der Waals surface area (Å²) in [5.41, 5.74) is 0.263. The van der Waals surface area contributed by atoms with Gasteiger partial charge < -0.3 is 34.1 Å². The standard InChI is InChI=1S/C36H48N6O7/c1-25(2)21-28-35(45)42-19-11-15-29(42)36(46)41(22-26-13-12-20-47-26)23-32(43)37-18-10-6-4-3-5-7-17-33-39-31(40-49-33)24-48-30-16-9-8-14-27(30)34(44)38-28/h8-9,12-14,16,20,25,28-29H,3-7,10-11,15,17-19,21-24H2,1-2H3,(H,37,43)(H,38,44). The summed E-state index contributed by atoms with van der Waals surface area (Å²) in [7, 11) is 0. The lowest BCUT2D eigenvalue weighted by atomic mass is 10.0. The second-order valence-corrected chi connectivity index (χ2v) is 13.2. The Morgan fingerprint density at radius 3 is 2.53 bits per heavy atom. The van der Waals surface area contributed by atoms with Crippen molar-refractivity contribution in [1.82, 2.24) is 30.6 Å². The molecule has 2 atom stereocenters. The fourth-order valence-electron chi connectivity index (χ4n) is 6.37. The molecular formula is C36H48N6O7. The van der Waals surface area contributed by atoms with Crippen LogP contribution in [0.5, 0.6) is 5.75 Å². The highest BCUT2D eigenvalue weighted by Crippen LogP contribution is 2.25. The van der Waals surface area contributed by atoms with E-state index in [9.17, 15) is 19.2 Å². The zero-order valence-corrected chi connectivity index (χ0v) is 28.5. The van der Waals surface area contributed by atoms with E-state index in [4.69, 9.17) is 13.7 Å². The largest absolute Gasteiger partial charge is 0.485 e. The molecule has 0 spiro atoms. The Balaban J connectivity index is 1.37. The number of carbonyl (C=O) groups excluding carboxylic acids is 4. The molecule has 0 aliphatic carbocycles. The Labute approximate surface area is 287 Å². The van der Waals surface area contributed by atoms with Crippen LogP contribution in [0, 0.1) is 5.92 Å². The van der Waals surface area contributed by atoms with E-state index in [2.05, 4.69) is 20.8 Å². The molecule has 2 aliphatic heterocycles. The van der Waals surface area contributed by atoms with Gasteiger partial charge in [-0.25, -0.2) is 0 Å². The minimum atomic E-state index is -0.880. The van der Waals surface area contributed by atoms with Gasteiger partial charge in [-0.05, 0) is 62.3 Å². The number of carbonyl (C=O) groups is 4. The molecule has 2 N–H and O–H groups in total. The Hall–Kier alpha value is -4.68. The van der Waals surface area contributed by atoms with Crippen molar-refractivity contribution in [1.29, 1.82) is 0 Å². The number of nitrogens with one attached hydrogen (secondary N) is 2. The molecule has 264 valence electrons. The van der Waals surface area contributed by atoms with Crippen molar-refractivity contribution in [3.63, 3.8) is 0 Å². The lowest BCUT2D eigenvalue weighted by molar-refractivity contribution is -0.146. The summed E-state index contributed by atoms with van der Waals surface area (Å²) in [6.45, 7) is 4.80. The molecule has 1 aromatic carbocycles. The zero-order valence-electron chi connectivity index (χ0n) is 28.5. The number of ether oxygens (including phenoxy) is 1. The molecule has 49 heavy (non-hydrogen) atoms. The second kappa shape index (κ2) is 17.6. The third kappa shape index (κ3) is 10.2. The van der Waals surface area contributed by atoms with Crippen molar-refractivity contribution in [2.75, 3.05) is 19.6 Å². The van der Waals surface area contributed by atoms with Crippen molar-refractivity contribution in [2.24, 2.45) is 5.92 Å². The van der Waals surface area contributed by atoms with E-state index in [1.807, 2.05) is 13.8 Å². The van der Waals surface area contributed by atoms with E-state index < -0.39 is 18.0 Å². The minimum Gasteiger partial charge on any atom is -0.485 e. The molecule has 13 nitrogen and oxygen atoms in total. The smallest absolute Gasteiger partial charge is 0.255 e. The fourth-order valence-corrected chi connectivity index (χ4v) is 6.37. The average Bonchev–Trinajstić information content (AvgIpc) is 3.88. The van der Waals surface area contributed by atoms with Gasteiger partial charge >= 0.3 is 0 Å². The summed E-state index contributed by atoms with van der Waals surface area (Å²) in [5, 5.41) is 9.93. The maximum atomic E-state index is 14.2. The first kappa shape index (κ1) is 35.6. The molecule has 2 bridgehead atoms. The highest BCUT2D eigenvalue weighted by molar-refractivity contribution is 6.00. The Kier molecular flexibility index (Phi) is 12.8. The molecule has 0 saturated carbocycles. The van der Waals surface area contributed by atoms with Crippen molar-refractivity contribution >= 4 is 23.6 Å². The van der Waals surface area contributed by atoms with Gasteiger partial charge in [0.15, 0.2) is 6.61 Å². The summed E-state index contributed by atoms with van der Waals surface area (Å²) < 4.78 is 16.9. The highest BCUT2D eigenvalue weighted by Gasteiger charge is 2.40. The molecule has 1 saturated heterocycles. The van der Waals surface area contributed by atoms with Crippen LogP contribution in [0.2, 0.25) is 0 Å². The van der Waals surface area contributed by atoms with Gasteiger partial charge in [0.25, 0.3) is 5.91 Å². The van der Waals surface area contributed by atoms with Crippen molar-refractivity contribution < 1.29 is 32.9 Å². The number of fused-ring (bicyclic) bond motifs is 4. The second-order valence-electron chi connectivity index (χ2n) is 13.2. The lowest BCUT2D eigenvalue weighted by Crippen LogP contribution is -2.55. The summed E-state index contributed by atoms with van der Waals surface area (Å²) in [5.74, 6) is 0.479. The third-order valence-electron chi connectivity index (χ3n) is 8.84. The molecule has 5 rings (SSSR count). The predicted octanol–water partition coefficient (Wildman–Crippen LogP) is 4.42. The van der Waals surface area contributed by atoms with Crippen LogP contribution in [-0.4, -0.2) is 75.3 Å². The maximum absolute atomic E-state index is 14.2. The SMILES string of the molecule is CC(C)CC1NC(=O)c2ccccc2OCc2noc(n2)CCCCCCCCNC(=O)CN(Cc2ccco2)C(=O)C2CCCN2C1=O. The van der Waals surface area contributed by atoms with Gasteiger partial charge in [-0.1, -0.05) is 56.8 Å². The molecule has 3 aromatic rings. The highest BCUT2D eigenvalue weighted by atomic mass is 16.5. The van der Waals surface area contributed by atoms with Gasteiger partial charge in [0.1, 0.15) is 30.1 Å². The van der Waals surface area contributed by atoms with E-state index in [-0.39, 0.29) is 48.9 Å². The first-order valence-electron chi connectivity index (χ1n) is 17.5. The van der Waals surface area contributed by atoms with Gasteiger partial charge in [-0.2, -0.15) is 4.98 Å². The van der Waals surface area contributed by atoms with Crippen LogP contribution < -0.4 is 15.4 Å². The van der Waals surface area contributed by atoms with Gasteiger partial charge in [-0.3, -0.25) is 19.2 Å². The quantitative estimate of drug-likeness (QED) is 0.408.